The van der Waals surface area contributed by atoms with Crippen molar-refractivity contribution >= 4 is 0 Å². The third-order valence-corrected chi connectivity index (χ3v) is 4.18. The lowest BCUT2D eigenvalue weighted by molar-refractivity contribution is 0.296. The lowest BCUT2D eigenvalue weighted by atomic mass is 9.87. The standard InChI is InChI=1S/C19H33N/c1-4-11-18(12-5-2)19(20-6-3)16-10-15-17-13-8-7-9-14-17/h7-9,13-14,18-20H,4-6,10-12,15-16H2,1-3H3. The van der Waals surface area contributed by atoms with E-state index in [0.717, 1.165) is 12.5 Å². The molecule has 0 aliphatic carbocycles. The monoisotopic (exact) mass is 275 g/mol. The van der Waals surface area contributed by atoms with E-state index in [4.69, 9.17) is 0 Å². The molecule has 0 aromatic heterocycles. The molecule has 0 aliphatic heterocycles. The summed E-state index contributed by atoms with van der Waals surface area (Å²) in [6, 6.07) is 11.6. The first kappa shape index (κ1) is 17.2. The molecule has 0 bridgehead atoms. The number of hydrogen-bond acceptors (Lipinski definition) is 1. The maximum atomic E-state index is 3.74. The topological polar surface area (TPSA) is 12.0 Å². The second-order valence-corrected chi connectivity index (χ2v) is 5.88. The molecule has 0 fully saturated rings. The fourth-order valence-electron chi connectivity index (χ4n) is 3.23. The molecular formula is C19H33N. The van der Waals surface area contributed by atoms with Gasteiger partial charge in [0.1, 0.15) is 0 Å². The quantitative estimate of drug-likeness (QED) is 0.585. The Hall–Kier alpha value is -0.820. The zero-order valence-electron chi connectivity index (χ0n) is 13.7. The SMILES string of the molecule is CCCC(CCC)C(CCCc1ccccc1)NCC. The Bertz CT molecular complexity index is 314. The predicted octanol–water partition coefficient (Wildman–Crippen LogP) is 5.20. The molecule has 1 aromatic carbocycles. The molecular weight excluding hydrogens is 242 g/mol. The van der Waals surface area contributed by atoms with Crippen molar-refractivity contribution in [3.05, 3.63) is 35.9 Å². The zero-order valence-corrected chi connectivity index (χ0v) is 13.7. The summed E-state index contributed by atoms with van der Waals surface area (Å²) < 4.78 is 0. The molecule has 1 atom stereocenters. The van der Waals surface area contributed by atoms with E-state index in [1.807, 2.05) is 0 Å². The van der Waals surface area contributed by atoms with Crippen LogP contribution in [0.15, 0.2) is 30.3 Å². The van der Waals surface area contributed by atoms with Crippen molar-refractivity contribution in [3.63, 3.8) is 0 Å². The summed E-state index contributed by atoms with van der Waals surface area (Å²) in [7, 11) is 0. The summed E-state index contributed by atoms with van der Waals surface area (Å²) >= 11 is 0. The first-order chi connectivity index (χ1) is 9.81. The van der Waals surface area contributed by atoms with Crippen LogP contribution in [0.4, 0.5) is 0 Å². The molecule has 0 saturated heterocycles. The molecule has 1 aromatic rings. The number of aryl methyl sites for hydroxylation is 1. The lowest BCUT2D eigenvalue weighted by Gasteiger charge is -2.27. The van der Waals surface area contributed by atoms with E-state index < -0.39 is 0 Å². The van der Waals surface area contributed by atoms with Gasteiger partial charge in [0, 0.05) is 6.04 Å². The number of nitrogens with one attached hydrogen (secondary N) is 1. The molecule has 20 heavy (non-hydrogen) atoms. The fourth-order valence-corrected chi connectivity index (χ4v) is 3.23. The normalized spacial score (nSPS) is 12.8. The van der Waals surface area contributed by atoms with Crippen LogP contribution in [0.1, 0.15) is 64.9 Å². The Morgan fingerprint density at radius 2 is 1.55 bits per heavy atom. The smallest absolute Gasteiger partial charge is 0.00953 e. The third-order valence-electron chi connectivity index (χ3n) is 4.18. The molecule has 0 saturated carbocycles. The first-order valence-corrected chi connectivity index (χ1v) is 8.59. The highest BCUT2D eigenvalue weighted by molar-refractivity contribution is 5.14. The molecule has 1 heteroatoms. The fraction of sp³-hybridized carbons (Fsp3) is 0.684. The minimum atomic E-state index is 0.712. The molecule has 0 amide bonds. The summed E-state index contributed by atoms with van der Waals surface area (Å²) in [6.45, 7) is 7.96. The second-order valence-electron chi connectivity index (χ2n) is 5.88. The maximum Gasteiger partial charge on any atom is 0.00953 e. The second kappa shape index (κ2) is 10.9. The van der Waals surface area contributed by atoms with Crippen LogP contribution in [0.3, 0.4) is 0 Å². The van der Waals surface area contributed by atoms with Crippen LogP contribution in [-0.2, 0) is 6.42 Å². The molecule has 114 valence electrons. The van der Waals surface area contributed by atoms with Crippen molar-refractivity contribution < 1.29 is 0 Å². The van der Waals surface area contributed by atoms with Crippen LogP contribution in [0.5, 0.6) is 0 Å². The third kappa shape index (κ3) is 6.56. The number of rotatable bonds is 11. The molecule has 1 nitrogen and oxygen atoms in total. The van der Waals surface area contributed by atoms with E-state index >= 15 is 0 Å². The van der Waals surface area contributed by atoms with Gasteiger partial charge < -0.3 is 5.32 Å². The van der Waals surface area contributed by atoms with Crippen molar-refractivity contribution in [1.82, 2.24) is 5.32 Å². The van der Waals surface area contributed by atoms with Crippen LogP contribution >= 0.6 is 0 Å². The Labute approximate surface area is 126 Å². The van der Waals surface area contributed by atoms with E-state index in [1.165, 1.54) is 50.5 Å². The largest absolute Gasteiger partial charge is 0.314 e. The highest BCUT2D eigenvalue weighted by Crippen LogP contribution is 2.22. The van der Waals surface area contributed by atoms with Crippen LogP contribution in [-0.4, -0.2) is 12.6 Å². The van der Waals surface area contributed by atoms with Gasteiger partial charge in [0.15, 0.2) is 0 Å². The van der Waals surface area contributed by atoms with Gasteiger partial charge in [-0.2, -0.15) is 0 Å². The van der Waals surface area contributed by atoms with Crippen LogP contribution < -0.4 is 5.32 Å². The van der Waals surface area contributed by atoms with Crippen molar-refractivity contribution in [2.75, 3.05) is 6.54 Å². The van der Waals surface area contributed by atoms with E-state index in [9.17, 15) is 0 Å². The predicted molar refractivity (Wildman–Crippen MR) is 90.2 cm³/mol. The molecule has 0 aliphatic rings. The summed E-state index contributed by atoms with van der Waals surface area (Å²) in [5, 5.41) is 3.74. The Morgan fingerprint density at radius 1 is 0.900 bits per heavy atom. The van der Waals surface area contributed by atoms with Crippen LogP contribution in [0, 0.1) is 5.92 Å². The molecule has 1 N–H and O–H groups in total. The van der Waals surface area contributed by atoms with Gasteiger partial charge in [-0.25, -0.2) is 0 Å². The Balaban J connectivity index is 2.44. The van der Waals surface area contributed by atoms with Gasteiger partial charge in [0.2, 0.25) is 0 Å². The highest BCUT2D eigenvalue weighted by atomic mass is 14.9. The summed E-state index contributed by atoms with van der Waals surface area (Å²) in [5.41, 5.74) is 1.48. The van der Waals surface area contributed by atoms with Gasteiger partial charge in [0.05, 0.1) is 0 Å². The van der Waals surface area contributed by atoms with Crippen molar-refractivity contribution in [1.29, 1.82) is 0 Å². The van der Waals surface area contributed by atoms with Gasteiger partial charge in [-0.3, -0.25) is 0 Å². The van der Waals surface area contributed by atoms with Crippen LogP contribution in [0.25, 0.3) is 0 Å². The average molecular weight is 275 g/mol. The summed E-state index contributed by atoms with van der Waals surface area (Å²) in [4.78, 5) is 0. The molecule has 0 radical (unpaired) electrons. The average Bonchev–Trinajstić information content (AvgIpc) is 2.47. The van der Waals surface area contributed by atoms with Gasteiger partial charge in [-0.05, 0) is 50.1 Å². The lowest BCUT2D eigenvalue weighted by Crippen LogP contribution is -2.36. The number of hydrogen-bond donors (Lipinski definition) is 1. The van der Waals surface area contributed by atoms with Crippen molar-refractivity contribution in [2.24, 2.45) is 5.92 Å². The minimum absolute atomic E-state index is 0.712. The summed E-state index contributed by atoms with van der Waals surface area (Å²) in [6.07, 6.45) is 9.19. The van der Waals surface area contributed by atoms with Gasteiger partial charge in [0.25, 0.3) is 0 Å². The molecule has 1 unspecified atom stereocenters. The first-order valence-electron chi connectivity index (χ1n) is 8.59. The highest BCUT2D eigenvalue weighted by Gasteiger charge is 2.18. The Morgan fingerprint density at radius 3 is 2.10 bits per heavy atom. The zero-order chi connectivity index (χ0) is 14.6. The molecule has 0 heterocycles. The van der Waals surface area contributed by atoms with E-state index in [-0.39, 0.29) is 0 Å². The minimum Gasteiger partial charge on any atom is -0.314 e. The number of benzene rings is 1. The van der Waals surface area contributed by atoms with Gasteiger partial charge >= 0.3 is 0 Å². The molecule has 0 spiro atoms. The van der Waals surface area contributed by atoms with E-state index in [1.54, 1.807) is 0 Å². The molecule has 1 rings (SSSR count). The Kier molecular flexibility index (Phi) is 9.40. The van der Waals surface area contributed by atoms with Crippen molar-refractivity contribution in [2.45, 2.75) is 71.8 Å². The van der Waals surface area contributed by atoms with Crippen molar-refractivity contribution in [3.8, 4) is 0 Å². The maximum absolute atomic E-state index is 3.74. The summed E-state index contributed by atoms with van der Waals surface area (Å²) in [5.74, 6) is 0.862. The van der Waals surface area contributed by atoms with Gasteiger partial charge in [-0.1, -0.05) is 63.9 Å². The van der Waals surface area contributed by atoms with E-state index in [0.29, 0.717) is 6.04 Å². The van der Waals surface area contributed by atoms with Gasteiger partial charge in [-0.15, -0.1) is 0 Å². The van der Waals surface area contributed by atoms with Crippen LogP contribution in [0.2, 0.25) is 0 Å². The van der Waals surface area contributed by atoms with E-state index in [2.05, 4.69) is 56.4 Å².